The molecule has 5 heteroatoms. The van der Waals surface area contributed by atoms with Crippen LogP contribution in [0.3, 0.4) is 0 Å². The van der Waals surface area contributed by atoms with E-state index in [1.807, 2.05) is 0 Å². The van der Waals surface area contributed by atoms with Gasteiger partial charge < -0.3 is 25.4 Å². The van der Waals surface area contributed by atoms with E-state index in [9.17, 15) is 5.11 Å². The van der Waals surface area contributed by atoms with Gasteiger partial charge in [0.15, 0.2) is 11.5 Å². The number of phenolic OH excluding ortho intramolecular Hbond substituents is 1. The highest BCUT2D eigenvalue weighted by molar-refractivity contribution is 5.62. The lowest BCUT2D eigenvalue weighted by molar-refractivity contribution is 0.262. The molecule has 0 saturated heterocycles. The van der Waals surface area contributed by atoms with Gasteiger partial charge in [-0.15, -0.1) is 0 Å². The molecule has 1 aromatic rings. The van der Waals surface area contributed by atoms with Crippen molar-refractivity contribution in [3.05, 3.63) is 16.7 Å². The van der Waals surface area contributed by atoms with Crippen LogP contribution in [0.4, 0.5) is 0 Å². The summed E-state index contributed by atoms with van der Waals surface area (Å²) in [5, 5.41) is 19.2. The number of ether oxygens (including phenoxy) is 2. The Balaban J connectivity index is 3.59. The molecule has 0 aliphatic rings. The molecule has 0 aliphatic carbocycles. The van der Waals surface area contributed by atoms with Crippen LogP contribution in [-0.2, 0) is 0 Å². The molecule has 5 nitrogen and oxygen atoms in total. The zero-order valence-corrected chi connectivity index (χ0v) is 10.6. The van der Waals surface area contributed by atoms with E-state index < -0.39 is 6.04 Å². The smallest absolute Gasteiger partial charge is 0.167 e. The standard InChI is InChI=1S/C12H19NO4/c1-6-9(8(13)5-14)10(15)12(17-4)7(2)11(6)16-3/h8,14-15H,5,13H2,1-4H3/t8-/m0/s1. The molecular formula is C12H19NO4. The normalized spacial score (nSPS) is 12.4. The van der Waals surface area contributed by atoms with E-state index in [4.69, 9.17) is 20.3 Å². The molecule has 4 N–H and O–H groups in total. The number of benzene rings is 1. The molecule has 96 valence electrons. The van der Waals surface area contributed by atoms with Gasteiger partial charge in [-0.05, 0) is 13.8 Å². The van der Waals surface area contributed by atoms with Crippen molar-refractivity contribution >= 4 is 0 Å². The van der Waals surface area contributed by atoms with E-state index >= 15 is 0 Å². The summed E-state index contributed by atoms with van der Waals surface area (Å²) in [6, 6.07) is -0.668. The summed E-state index contributed by atoms with van der Waals surface area (Å²) in [6.07, 6.45) is 0. The maximum atomic E-state index is 10.1. The fraction of sp³-hybridized carbons (Fsp3) is 0.500. The highest BCUT2D eigenvalue weighted by Crippen LogP contribution is 2.44. The van der Waals surface area contributed by atoms with Crippen molar-refractivity contribution in [2.45, 2.75) is 19.9 Å². The number of phenols is 1. The summed E-state index contributed by atoms with van der Waals surface area (Å²) in [4.78, 5) is 0. The van der Waals surface area contributed by atoms with Gasteiger partial charge in [-0.3, -0.25) is 0 Å². The van der Waals surface area contributed by atoms with Crippen LogP contribution in [-0.4, -0.2) is 31.0 Å². The zero-order chi connectivity index (χ0) is 13.2. The maximum Gasteiger partial charge on any atom is 0.167 e. The second-order valence-electron chi connectivity index (χ2n) is 3.87. The highest BCUT2D eigenvalue weighted by atomic mass is 16.5. The van der Waals surface area contributed by atoms with E-state index in [-0.39, 0.29) is 12.4 Å². The minimum absolute atomic E-state index is 0.0372. The molecule has 1 rings (SSSR count). The van der Waals surface area contributed by atoms with Crippen molar-refractivity contribution in [1.29, 1.82) is 0 Å². The van der Waals surface area contributed by atoms with Crippen molar-refractivity contribution in [3.8, 4) is 17.2 Å². The van der Waals surface area contributed by atoms with Crippen LogP contribution < -0.4 is 15.2 Å². The lowest BCUT2D eigenvalue weighted by Gasteiger charge is -2.21. The molecule has 0 fully saturated rings. The number of hydrogen-bond acceptors (Lipinski definition) is 5. The van der Waals surface area contributed by atoms with Crippen molar-refractivity contribution in [2.75, 3.05) is 20.8 Å². The molecule has 0 spiro atoms. The molecule has 17 heavy (non-hydrogen) atoms. The number of aliphatic hydroxyl groups is 1. The van der Waals surface area contributed by atoms with Crippen LogP contribution in [0.5, 0.6) is 17.2 Å². The first-order valence-electron chi connectivity index (χ1n) is 5.29. The largest absolute Gasteiger partial charge is 0.504 e. The number of methoxy groups -OCH3 is 2. The molecule has 0 heterocycles. The van der Waals surface area contributed by atoms with E-state index in [1.165, 1.54) is 7.11 Å². The first-order chi connectivity index (χ1) is 7.99. The first-order valence-corrected chi connectivity index (χ1v) is 5.29. The Bertz CT molecular complexity index is 386. The van der Waals surface area contributed by atoms with Crippen LogP contribution in [0.1, 0.15) is 22.7 Å². The predicted molar refractivity (Wildman–Crippen MR) is 64.7 cm³/mol. The van der Waals surface area contributed by atoms with Gasteiger partial charge in [0, 0.05) is 16.7 Å². The Kier molecular flexibility index (Phi) is 4.20. The summed E-state index contributed by atoms with van der Waals surface area (Å²) in [7, 11) is 3.01. The molecule has 1 aromatic carbocycles. The number of nitrogens with two attached hydrogens (primary N) is 1. The third-order valence-electron chi connectivity index (χ3n) is 2.87. The van der Waals surface area contributed by atoms with Gasteiger partial charge in [-0.1, -0.05) is 0 Å². The average Bonchev–Trinajstić information content (AvgIpc) is 2.29. The molecule has 0 unspecified atom stereocenters. The lowest BCUT2D eigenvalue weighted by Crippen LogP contribution is -2.17. The van der Waals surface area contributed by atoms with Crippen LogP contribution >= 0.6 is 0 Å². The van der Waals surface area contributed by atoms with Crippen molar-refractivity contribution in [1.82, 2.24) is 0 Å². The Morgan fingerprint density at radius 2 is 1.65 bits per heavy atom. The number of aromatic hydroxyl groups is 1. The van der Waals surface area contributed by atoms with Gasteiger partial charge >= 0.3 is 0 Å². The molecule has 0 aliphatic heterocycles. The van der Waals surface area contributed by atoms with Gasteiger partial charge in [0.25, 0.3) is 0 Å². The molecule has 0 saturated carbocycles. The summed E-state index contributed by atoms with van der Waals surface area (Å²) in [6.45, 7) is 3.32. The van der Waals surface area contributed by atoms with Crippen molar-refractivity contribution < 1.29 is 19.7 Å². The maximum absolute atomic E-state index is 10.1. The number of aliphatic hydroxyl groups excluding tert-OH is 1. The third kappa shape index (κ3) is 2.16. The lowest BCUT2D eigenvalue weighted by atomic mass is 9.96. The molecular weight excluding hydrogens is 222 g/mol. The Hall–Kier alpha value is -1.46. The van der Waals surface area contributed by atoms with Crippen LogP contribution in [0.25, 0.3) is 0 Å². The molecule has 0 amide bonds. The Morgan fingerprint density at radius 3 is 2.06 bits per heavy atom. The van der Waals surface area contributed by atoms with Crippen molar-refractivity contribution in [2.24, 2.45) is 5.73 Å². The first kappa shape index (κ1) is 13.6. The third-order valence-corrected chi connectivity index (χ3v) is 2.87. The molecule has 1 atom stereocenters. The SMILES string of the molecule is COc1c(C)c(OC)c(O)c([C@@H](N)CO)c1C. The number of rotatable bonds is 4. The van der Waals surface area contributed by atoms with Gasteiger partial charge in [0.2, 0.25) is 0 Å². The quantitative estimate of drug-likeness (QED) is 0.732. The summed E-state index contributed by atoms with van der Waals surface area (Å²) in [5.41, 5.74) is 7.64. The Morgan fingerprint density at radius 1 is 1.12 bits per heavy atom. The predicted octanol–water partition coefficient (Wildman–Crippen LogP) is 1.02. The second kappa shape index (κ2) is 5.25. The molecule has 0 aromatic heterocycles. The van der Waals surface area contributed by atoms with E-state index in [2.05, 4.69) is 0 Å². The molecule has 0 radical (unpaired) electrons. The monoisotopic (exact) mass is 241 g/mol. The minimum atomic E-state index is -0.668. The fourth-order valence-electron chi connectivity index (χ4n) is 2.09. The minimum Gasteiger partial charge on any atom is -0.504 e. The number of hydrogen-bond donors (Lipinski definition) is 3. The van der Waals surface area contributed by atoms with E-state index in [1.54, 1.807) is 21.0 Å². The van der Waals surface area contributed by atoms with Crippen LogP contribution in [0.15, 0.2) is 0 Å². The van der Waals surface area contributed by atoms with E-state index in [0.717, 1.165) is 0 Å². The van der Waals surface area contributed by atoms with Gasteiger partial charge in [0.05, 0.1) is 26.9 Å². The topological polar surface area (TPSA) is 84.9 Å². The summed E-state index contributed by atoms with van der Waals surface area (Å²) < 4.78 is 10.4. The van der Waals surface area contributed by atoms with Crippen LogP contribution in [0.2, 0.25) is 0 Å². The second-order valence-corrected chi connectivity index (χ2v) is 3.87. The summed E-state index contributed by atoms with van der Waals surface area (Å²) >= 11 is 0. The van der Waals surface area contributed by atoms with Crippen molar-refractivity contribution in [3.63, 3.8) is 0 Å². The van der Waals surface area contributed by atoms with E-state index in [0.29, 0.717) is 28.2 Å². The summed E-state index contributed by atoms with van der Waals surface area (Å²) in [5.74, 6) is 0.898. The fourth-order valence-corrected chi connectivity index (χ4v) is 2.09. The molecule has 0 bridgehead atoms. The highest BCUT2D eigenvalue weighted by Gasteiger charge is 2.23. The van der Waals surface area contributed by atoms with Gasteiger partial charge in [-0.2, -0.15) is 0 Å². The zero-order valence-electron chi connectivity index (χ0n) is 10.6. The van der Waals surface area contributed by atoms with Gasteiger partial charge in [-0.25, -0.2) is 0 Å². The van der Waals surface area contributed by atoms with Gasteiger partial charge in [0.1, 0.15) is 5.75 Å². The van der Waals surface area contributed by atoms with Crippen LogP contribution in [0, 0.1) is 13.8 Å². The average molecular weight is 241 g/mol. The Labute approximate surface area is 101 Å².